The van der Waals surface area contributed by atoms with E-state index < -0.39 is 29.3 Å². The lowest BCUT2D eigenvalue weighted by atomic mass is 9.97. The molecule has 43 heavy (non-hydrogen) atoms. The van der Waals surface area contributed by atoms with Crippen molar-refractivity contribution >= 4 is 23.4 Å². The molecule has 0 radical (unpaired) electrons. The minimum Gasteiger partial charge on any atom is -0.444 e. The molecule has 5 rings (SSSR count). The van der Waals surface area contributed by atoms with Crippen LogP contribution in [0.3, 0.4) is 0 Å². The molecule has 2 amide bonds. The third-order valence-corrected chi connectivity index (χ3v) is 8.15. The van der Waals surface area contributed by atoms with Gasteiger partial charge in [-0.05, 0) is 68.5 Å². The SMILES string of the molecule is C[C@H](Cc1nncn1C)c1cccc(N2Cc3c(cc(N(C)[C@H]4CCN(C(=O)OC(C)(C)C)C4)cc3C(F)(F)F)C2=O)c1. The highest BCUT2D eigenvalue weighted by Crippen LogP contribution is 2.42. The van der Waals surface area contributed by atoms with E-state index >= 15 is 0 Å². The number of hydrogen-bond acceptors (Lipinski definition) is 6. The fourth-order valence-corrected chi connectivity index (χ4v) is 5.70. The van der Waals surface area contributed by atoms with Crippen LogP contribution in [0.15, 0.2) is 42.7 Å². The van der Waals surface area contributed by atoms with E-state index in [0.29, 0.717) is 31.6 Å². The number of likely N-dealkylation sites (N-methyl/N-ethyl adjacent to an activating group) is 1. The predicted octanol–water partition coefficient (Wildman–Crippen LogP) is 5.79. The van der Waals surface area contributed by atoms with Crippen LogP contribution in [-0.4, -0.2) is 63.4 Å². The van der Waals surface area contributed by atoms with Gasteiger partial charge in [-0.1, -0.05) is 19.1 Å². The third-order valence-electron chi connectivity index (χ3n) is 8.15. The van der Waals surface area contributed by atoms with Gasteiger partial charge in [0.2, 0.25) is 0 Å². The summed E-state index contributed by atoms with van der Waals surface area (Å²) in [6, 6.07) is 9.78. The largest absolute Gasteiger partial charge is 0.444 e. The Morgan fingerprint density at radius 2 is 1.93 bits per heavy atom. The van der Waals surface area contributed by atoms with Gasteiger partial charge in [-0.25, -0.2) is 4.79 Å². The van der Waals surface area contributed by atoms with Crippen LogP contribution in [0.5, 0.6) is 0 Å². The summed E-state index contributed by atoms with van der Waals surface area (Å²) in [7, 11) is 3.57. The second-order valence-corrected chi connectivity index (χ2v) is 12.4. The smallest absolute Gasteiger partial charge is 0.416 e. The van der Waals surface area contributed by atoms with Crippen LogP contribution in [0, 0.1) is 0 Å². The van der Waals surface area contributed by atoms with Gasteiger partial charge in [0.1, 0.15) is 17.8 Å². The van der Waals surface area contributed by atoms with E-state index in [1.54, 1.807) is 56.1 Å². The molecule has 2 atom stereocenters. The van der Waals surface area contributed by atoms with Gasteiger partial charge in [0, 0.05) is 56.6 Å². The molecule has 3 heterocycles. The summed E-state index contributed by atoms with van der Waals surface area (Å²) in [5.74, 6) is 0.377. The van der Waals surface area contributed by atoms with Crippen molar-refractivity contribution < 1.29 is 27.5 Å². The first-order valence-electron chi connectivity index (χ1n) is 14.3. The Morgan fingerprint density at radius 1 is 1.19 bits per heavy atom. The Balaban J connectivity index is 1.39. The second-order valence-electron chi connectivity index (χ2n) is 12.4. The normalized spacial score (nSPS) is 17.8. The number of carbonyl (C=O) groups excluding carboxylic acids is 2. The van der Waals surface area contributed by atoms with Crippen molar-refractivity contribution in [3.63, 3.8) is 0 Å². The van der Waals surface area contributed by atoms with E-state index in [1.165, 1.54) is 4.90 Å². The monoisotopic (exact) mass is 598 g/mol. The summed E-state index contributed by atoms with van der Waals surface area (Å²) in [6.07, 6.45) is -2.29. The maximum absolute atomic E-state index is 14.4. The van der Waals surface area contributed by atoms with Crippen molar-refractivity contribution in [3.8, 4) is 0 Å². The molecule has 0 unspecified atom stereocenters. The van der Waals surface area contributed by atoms with Crippen LogP contribution in [0.1, 0.15) is 72.9 Å². The summed E-state index contributed by atoms with van der Waals surface area (Å²) in [4.78, 5) is 30.9. The number of ether oxygens (including phenoxy) is 1. The fraction of sp³-hybridized carbons (Fsp3) is 0.484. The van der Waals surface area contributed by atoms with Crippen molar-refractivity contribution in [2.45, 2.75) is 70.8 Å². The molecule has 2 aromatic carbocycles. The number of carbonyl (C=O) groups is 2. The zero-order valence-corrected chi connectivity index (χ0v) is 25.3. The zero-order chi connectivity index (χ0) is 31.3. The molecule has 2 aliphatic rings. The van der Waals surface area contributed by atoms with Crippen LogP contribution < -0.4 is 9.80 Å². The highest BCUT2D eigenvalue weighted by atomic mass is 19.4. The standard InChI is InChI=1S/C31H37F3N6O3/c1-19(12-27-36-35-18-37(27)5)20-8-7-9-21(13-20)40-17-25-24(28(40)41)14-23(15-26(25)31(32,33)34)38(6)22-10-11-39(16-22)29(42)43-30(2,3)4/h7-9,13-15,18-19,22H,10-12,16-17H2,1-6H3/t19-,22+/m1/s1. The van der Waals surface area contributed by atoms with Crippen LogP contribution in [0.25, 0.3) is 0 Å². The summed E-state index contributed by atoms with van der Waals surface area (Å²) in [5.41, 5.74) is 0.292. The number of benzene rings is 2. The van der Waals surface area contributed by atoms with Crippen LogP contribution in [0.4, 0.5) is 29.3 Å². The summed E-state index contributed by atoms with van der Waals surface area (Å²) in [6.45, 7) is 7.94. The number of fused-ring (bicyclic) bond motifs is 1. The van der Waals surface area contributed by atoms with Gasteiger partial charge in [0.25, 0.3) is 5.91 Å². The van der Waals surface area contributed by atoms with Gasteiger partial charge in [-0.15, -0.1) is 10.2 Å². The number of alkyl halides is 3. The van der Waals surface area contributed by atoms with Gasteiger partial charge < -0.3 is 24.0 Å². The lowest BCUT2D eigenvalue weighted by molar-refractivity contribution is -0.138. The van der Waals surface area contributed by atoms with E-state index in [4.69, 9.17) is 4.74 Å². The Hall–Kier alpha value is -4.09. The number of anilines is 2. The molecule has 230 valence electrons. The molecule has 0 aliphatic carbocycles. The van der Waals surface area contributed by atoms with Gasteiger partial charge in [0.05, 0.1) is 12.1 Å². The van der Waals surface area contributed by atoms with Crippen molar-refractivity contribution in [1.29, 1.82) is 0 Å². The number of aryl methyl sites for hydroxylation is 1. The number of hydrogen-bond donors (Lipinski definition) is 0. The highest BCUT2D eigenvalue weighted by Gasteiger charge is 2.42. The molecular weight excluding hydrogens is 561 g/mol. The Morgan fingerprint density at radius 3 is 2.58 bits per heavy atom. The van der Waals surface area contributed by atoms with Crippen LogP contribution in [0.2, 0.25) is 0 Å². The number of likely N-dealkylation sites (tertiary alicyclic amines) is 1. The molecule has 0 spiro atoms. The lowest BCUT2D eigenvalue weighted by Crippen LogP contribution is -2.39. The first-order chi connectivity index (χ1) is 20.1. The Bertz CT molecular complexity index is 1530. The summed E-state index contributed by atoms with van der Waals surface area (Å²) in [5, 5.41) is 8.06. The Kier molecular flexibility index (Phi) is 7.91. The van der Waals surface area contributed by atoms with Crippen LogP contribution >= 0.6 is 0 Å². The van der Waals surface area contributed by atoms with E-state index in [1.807, 2.05) is 36.7 Å². The molecule has 1 aromatic heterocycles. The quantitative estimate of drug-likeness (QED) is 0.358. The van der Waals surface area contributed by atoms with E-state index in [0.717, 1.165) is 17.5 Å². The predicted molar refractivity (Wildman–Crippen MR) is 156 cm³/mol. The highest BCUT2D eigenvalue weighted by molar-refractivity contribution is 6.11. The minimum atomic E-state index is -4.65. The number of nitrogens with zero attached hydrogens (tertiary/aromatic N) is 6. The average Bonchev–Trinajstić information content (AvgIpc) is 3.66. The number of halogens is 3. The van der Waals surface area contributed by atoms with E-state index in [9.17, 15) is 22.8 Å². The maximum Gasteiger partial charge on any atom is 0.416 e. The van der Waals surface area contributed by atoms with E-state index in [2.05, 4.69) is 10.2 Å². The van der Waals surface area contributed by atoms with Gasteiger partial charge in [-0.2, -0.15) is 13.2 Å². The molecule has 0 N–H and O–H groups in total. The fourth-order valence-electron chi connectivity index (χ4n) is 5.70. The van der Waals surface area contributed by atoms with Gasteiger partial charge in [0.15, 0.2) is 0 Å². The zero-order valence-electron chi connectivity index (χ0n) is 25.3. The molecule has 2 aliphatic heterocycles. The minimum absolute atomic E-state index is 0.0333. The van der Waals surface area contributed by atoms with Crippen molar-refractivity contribution in [2.24, 2.45) is 7.05 Å². The van der Waals surface area contributed by atoms with Crippen molar-refractivity contribution in [1.82, 2.24) is 19.7 Å². The maximum atomic E-state index is 14.4. The molecule has 0 bridgehead atoms. The van der Waals surface area contributed by atoms with Gasteiger partial charge in [-0.3, -0.25) is 4.79 Å². The first-order valence-corrected chi connectivity index (χ1v) is 14.3. The summed E-state index contributed by atoms with van der Waals surface area (Å²) >= 11 is 0. The first kappa shape index (κ1) is 30.4. The van der Waals surface area contributed by atoms with Crippen molar-refractivity contribution in [2.75, 3.05) is 29.9 Å². The molecule has 0 saturated carbocycles. The Labute approximate surface area is 249 Å². The lowest BCUT2D eigenvalue weighted by Gasteiger charge is -2.29. The average molecular weight is 599 g/mol. The number of aromatic nitrogens is 3. The molecule has 3 aromatic rings. The molecular formula is C31H37F3N6O3. The number of rotatable bonds is 6. The second kappa shape index (κ2) is 11.2. The summed E-state index contributed by atoms with van der Waals surface area (Å²) < 4.78 is 50.5. The third kappa shape index (κ3) is 6.33. The van der Waals surface area contributed by atoms with Crippen LogP contribution in [-0.2, 0) is 30.9 Å². The molecule has 1 saturated heterocycles. The van der Waals surface area contributed by atoms with Gasteiger partial charge >= 0.3 is 12.3 Å². The van der Waals surface area contributed by atoms with Crippen molar-refractivity contribution in [3.05, 3.63) is 70.8 Å². The molecule has 1 fully saturated rings. The topological polar surface area (TPSA) is 83.8 Å². The molecule has 12 heteroatoms. The van der Waals surface area contributed by atoms with E-state index in [-0.39, 0.29) is 35.3 Å². The molecule has 9 nitrogen and oxygen atoms in total. The number of amides is 2.